The van der Waals surface area contributed by atoms with Crippen LogP contribution in [-0.4, -0.2) is 59.9 Å². The maximum absolute atomic E-state index is 13.0. The van der Waals surface area contributed by atoms with E-state index in [2.05, 4.69) is 10.3 Å². The summed E-state index contributed by atoms with van der Waals surface area (Å²) >= 11 is 1.20. The highest BCUT2D eigenvalue weighted by molar-refractivity contribution is 7.09. The predicted molar refractivity (Wildman–Crippen MR) is 143 cm³/mol. The van der Waals surface area contributed by atoms with E-state index in [1.54, 1.807) is 17.3 Å². The van der Waals surface area contributed by atoms with Crippen LogP contribution >= 0.6 is 11.3 Å². The van der Waals surface area contributed by atoms with Crippen molar-refractivity contribution in [3.05, 3.63) is 52.0 Å². The molecule has 1 aliphatic carbocycles. The van der Waals surface area contributed by atoms with Crippen LogP contribution in [-0.2, 0) is 30.3 Å². The standard InChI is InChI=1S/C28H37N3O6S/c1-17(2)23(31(4)25(33)14-20-11-12-20)15-24(37-18(3)32)27-30-22(16-38-27)26(34)29-21(28(35)36-5)13-19-9-7-6-8-10-19/h6-10,16-17,20-21,23-24H,11-15H2,1-5H3,(H,29,34)/t21-,23?,24?/m0/s1. The molecule has 3 rings (SSSR count). The molecule has 38 heavy (non-hydrogen) atoms. The number of amides is 2. The molecule has 0 radical (unpaired) electrons. The SMILES string of the molecule is COC(=O)[C@H](Cc1ccccc1)NC(=O)c1csc(C(CC(C(C)C)N(C)C(=O)CC2CC2)OC(C)=O)n1. The molecule has 3 atom stereocenters. The van der Waals surface area contributed by atoms with Gasteiger partial charge >= 0.3 is 11.9 Å². The molecule has 1 aliphatic rings. The smallest absolute Gasteiger partial charge is 0.328 e. The molecule has 1 aromatic heterocycles. The zero-order chi connectivity index (χ0) is 27.8. The summed E-state index contributed by atoms with van der Waals surface area (Å²) < 4.78 is 10.5. The number of esters is 2. The summed E-state index contributed by atoms with van der Waals surface area (Å²) in [4.78, 5) is 56.3. The van der Waals surface area contributed by atoms with Crippen molar-refractivity contribution in [2.24, 2.45) is 11.8 Å². The molecule has 9 nitrogen and oxygen atoms in total. The molecule has 0 spiro atoms. The Kier molecular flexibility index (Phi) is 10.4. The van der Waals surface area contributed by atoms with Gasteiger partial charge in [-0.25, -0.2) is 9.78 Å². The van der Waals surface area contributed by atoms with Crippen LogP contribution in [0.1, 0.15) is 73.6 Å². The highest BCUT2D eigenvalue weighted by atomic mass is 32.1. The Bertz CT molecular complexity index is 1110. The molecule has 2 unspecified atom stereocenters. The minimum absolute atomic E-state index is 0.0826. The van der Waals surface area contributed by atoms with E-state index in [1.165, 1.54) is 25.4 Å². The van der Waals surface area contributed by atoms with Crippen molar-refractivity contribution >= 4 is 35.1 Å². The third-order valence-electron chi connectivity index (χ3n) is 6.69. The van der Waals surface area contributed by atoms with E-state index in [9.17, 15) is 19.2 Å². The van der Waals surface area contributed by atoms with Gasteiger partial charge in [0, 0.05) is 44.7 Å². The number of hydrogen-bond acceptors (Lipinski definition) is 8. The van der Waals surface area contributed by atoms with Gasteiger partial charge in [-0.3, -0.25) is 14.4 Å². The fourth-order valence-electron chi connectivity index (χ4n) is 4.35. The third kappa shape index (κ3) is 8.37. The second-order valence-corrected chi connectivity index (χ2v) is 11.0. The lowest BCUT2D eigenvalue weighted by Crippen LogP contribution is -2.43. The van der Waals surface area contributed by atoms with Crippen LogP contribution in [0, 0.1) is 11.8 Å². The number of methoxy groups -OCH3 is 1. The van der Waals surface area contributed by atoms with Crippen LogP contribution in [0.2, 0.25) is 0 Å². The molecule has 0 bridgehead atoms. The van der Waals surface area contributed by atoms with Crippen LogP contribution in [0.15, 0.2) is 35.7 Å². The number of nitrogens with one attached hydrogen (secondary N) is 1. The van der Waals surface area contributed by atoms with Gasteiger partial charge in [-0.15, -0.1) is 11.3 Å². The second-order valence-electron chi connectivity index (χ2n) is 10.1. The molecule has 1 saturated carbocycles. The number of carbonyl (C=O) groups is 4. The fraction of sp³-hybridized carbons (Fsp3) is 0.536. The van der Waals surface area contributed by atoms with Gasteiger partial charge in [0.2, 0.25) is 5.91 Å². The lowest BCUT2D eigenvalue weighted by atomic mass is 9.96. The molecule has 1 heterocycles. The largest absolute Gasteiger partial charge is 0.467 e. The van der Waals surface area contributed by atoms with Crippen molar-refractivity contribution in [2.45, 2.75) is 71.1 Å². The first-order valence-electron chi connectivity index (χ1n) is 12.9. The van der Waals surface area contributed by atoms with Crippen molar-refractivity contribution in [3.8, 4) is 0 Å². The summed E-state index contributed by atoms with van der Waals surface area (Å²) in [5, 5.41) is 4.74. The number of ether oxygens (including phenoxy) is 2. The Labute approximate surface area is 227 Å². The Hall–Kier alpha value is -3.27. The van der Waals surface area contributed by atoms with Gasteiger partial charge in [-0.05, 0) is 30.2 Å². The molecule has 1 N–H and O–H groups in total. The molecule has 2 aromatic rings. The van der Waals surface area contributed by atoms with Crippen LogP contribution in [0.4, 0.5) is 0 Å². The molecular weight excluding hydrogens is 506 g/mol. The second kappa shape index (κ2) is 13.5. The zero-order valence-electron chi connectivity index (χ0n) is 22.6. The van der Waals surface area contributed by atoms with E-state index in [4.69, 9.17) is 9.47 Å². The van der Waals surface area contributed by atoms with Gasteiger partial charge in [0.15, 0.2) is 6.10 Å². The van der Waals surface area contributed by atoms with Crippen LogP contribution < -0.4 is 5.32 Å². The maximum Gasteiger partial charge on any atom is 0.328 e. The molecule has 0 aliphatic heterocycles. The van der Waals surface area contributed by atoms with Gasteiger partial charge in [0.05, 0.1) is 7.11 Å². The number of aromatic nitrogens is 1. The van der Waals surface area contributed by atoms with E-state index in [0.29, 0.717) is 23.8 Å². The average molecular weight is 544 g/mol. The van der Waals surface area contributed by atoms with Crippen molar-refractivity contribution < 1.29 is 28.7 Å². The Balaban J connectivity index is 1.74. The predicted octanol–water partition coefficient (Wildman–Crippen LogP) is 3.93. The Morgan fingerprint density at radius 3 is 2.42 bits per heavy atom. The number of benzene rings is 1. The van der Waals surface area contributed by atoms with E-state index < -0.39 is 30.0 Å². The lowest BCUT2D eigenvalue weighted by molar-refractivity contribution is -0.148. The summed E-state index contributed by atoms with van der Waals surface area (Å²) in [6, 6.07) is 8.25. The summed E-state index contributed by atoms with van der Waals surface area (Å²) in [5.74, 6) is -0.897. The highest BCUT2D eigenvalue weighted by Crippen LogP contribution is 2.34. The maximum atomic E-state index is 13.0. The minimum atomic E-state index is -0.888. The number of hydrogen-bond donors (Lipinski definition) is 1. The van der Waals surface area contributed by atoms with Gasteiger partial charge < -0.3 is 19.7 Å². The molecule has 1 aromatic carbocycles. The molecule has 10 heteroatoms. The topological polar surface area (TPSA) is 115 Å². The van der Waals surface area contributed by atoms with Gasteiger partial charge in [-0.2, -0.15) is 0 Å². The number of rotatable bonds is 13. The van der Waals surface area contributed by atoms with Gasteiger partial charge in [-0.1, -0.05) is 44.2 Å². The van der Waals surface area contributed by atoms with Crippen molar-refractivity contribution in [1.82, 2.24) is 15.2 Å². The number of nitrogens with zero attached hydrogens (tertiary/aromatic N) is 2. The van der Waals surface area contributed by atoms with Crippen molar-refractivity contribution in [3.63, 3.8) is 0 Å². The molecule has 0 saturated heterocycles. The number of carbonyl (C=O) groups excluding carboxylic acids is 4. The zero-order valence-corrected chi connectivity index (χ0v) is 23.5. The molecule has 206 valence electrons. The first kappa shape index (κ1) is 29.3. The van der Waals surface area contributed by atoms with E-state index >= 15 is 0 Å². The van der Waals surface area contributed by atoms with Crippen molar-refractivity contribution in [1.29, 1.82) is 0 Å². The molecular formula is C28H37N3O6S. The Morgan fingerprint density at radius 2 is 1.84 bits per heavy atom. The highest BCUT2D eigenvalue weighted by Gasteiger charge is 2.33. The quantitative estimate of drug-likeness (QED) is 0.381. The van der Waals surface area contributed by atoms with Crippen LogP contribution in [0.25, 0.3) is 0 Å². The van der Waals surface area contributed by atoms with E-state index in [-0.39, 0.29) is 30.0 Å². The van der Waals surface area contributed by atoms with E-state index in [1.807, 2.05) is 44.2 Å². The van der Waals surface area contributed by atoms with Crippen molar-refractivity contribution in [2.75, 3.05) is 14.2 Å². The first-order chi connectivity index (χ1) is 18.1. The van der Waals surface area contributed by atoms with Crippen LogP contribution in [0.5, 0.6) is 0 Å². The molecule has 2 amide bonds. The Morgan fingerprint density at radius 1 is 1.16 bits per heavy atom. The monoisotopic (exact) mass is 543 g/mol. The first-order valence-corrected chi connectivity index (χ1v) is 13.8. The molecule has 1 fully saturated rings. The number of thiazole rings is 1. The van der Waals surface area contributed by atoms with Gasteiger partial charge in [0.25, 0.3) is 5.91 Å². The van der Waals surface area contributed by atoms with E-state index in [0.717, 1.165) is 18.4 Å². The summed E-state index contributed by atoms with van der Waals surface area (Å²) in [7, 11) is 3.06. The normalized spacial score (nSPS) is 15.3. The van der Waals surface area contributed by atoms with Crippen LogP contribution in [0.3, 0.4) is 0 Å². The summed E-state index contributed by atoms with van der Waals surface area (Å²) in [6.45, 7) is 5.37. The minimum Gasteiger partial charge on any atom is -0.467 e. The third-order valence-corrected chi connectivity index (χ3v) is 7.62. The lowest BCUT2D eigenvalue weighted by Gasteiger charge is -2.33. The van der Waals surface area contributed by atoms with Gasteiger partial charge in [0.1, 0.15) is 16.7 Å². The average Bonchev–Trinajstić information content (AvgIpc) is 3.56. The summed E-state index contributed by atoms with van der Waals surface area (Å²) in [6.07, 6.45) is 2.62. The summed E-state index contributed by atoms with van der Waals surface area (Å²) in [5.41, 5.74) is 0.987. The fourth-order valence-corrected chi connectivity index (χ4v) is 5.19.